The molecule has 0 saturated heterocycles. The lowest BCUT2D eigenvalue weighted by atomic mass is 10.1. The average molecular weight is 293 g/mol. The van der Waals surface area contributed by atoms with E-state index in [0.29, 0.717) is 16.4 Å². The number of halogens is 1. The molecule has 5 nitrogen and oxygen atoms in total. The minimum Gasteiger partial charge on any atom is -0.508 e. The Morgan fingerprint density at radius 1 is 1.25 bits per heavy atom. The van der Waals surface area contributed by atoms with Gasteiger partial charge in [0.25, 0.3) is 5.91 Å². The fourth-order valence-electron chi connectivity index (χ4n) is 1.73. The van der Waals surface area contributed by atoms with E-state index in [-0.39, 0.29) is 17.1 Å². The Kier molecular flexibility index (Phi) is 3.72. The first kappa shape index (κ1) is 14.0. The highest BCUT2D eigenvalue weighted by atomic mass is 35.5. The molecule has 0 fully saturated rings. The molecule has 0 heterocycles. The summed E-state index contributed by atoms with van der Waals surface area (Å²) >= 11 is 5.91. The van der Waals surface area contributed by atoms with Crippen molar-refractivity contribution >= 4 is 28.9 Å². The van der Waals surface area contributed by atoms with E-state index in [9.17, 15) is 15.0 Å². The maximum atomic E-state index is 12.1. The van der Waals surface area contributed by atoms with Crippen LogP contribution in [-0.2, 0) is 0 Å². The summed E-state index contributed by atoms with van der Waals surface area (Å²) in [6.45, 7) is 1.77. The third kappa shape index (κ3) is 2.78. The van der Waals surface area contributed by atoms with E-state index in [1.54, 1.807) is 13.0 Å². The van der Waals surface area contributed by atoms with Crippen molar-refractivity contribution in [3.8, 4) is 11.5 Å². The minimum atomic E-state index is -0.553. The van der Waals surface area contributed by atoms with E-state index in [0.717, 1.165) is 5.56 Å². The molecular weight excluding hydrogens is 280 g/mol. The summed E-state index contributed by atoms with van der Waals surface area (Å²) in [6.07, 6.45) is 0. The molecule has 0 atom stereocenters. The molecule has 5 N–H and O–H groups in total. The molecule has 1 amide bonds. The standard InChI is InChI=1S/C14H13ClN2O3/c1-7-4-11(16)10(15)6-12(7)17-14(20)9-5-8(18)2-3-13(9)19/h2-6,18-19H,16H2,1H3,(H,17,20). The predicted octanol–water partition coefficient (Wildman–Crippen LogP) is 2.89. The Hall–Kier alpha value is -2.40. The van der Waals surface area contributed by atoms with Crippen molar-refractivity contribution in [3.05, 3.63) is 46.5 Å². The molecule has 2 rings (SSSR count). The van der Waals surface area contributed by atoms with Gasteiger partial charge in [-0.3, -0.25) is 4.79 Å². The van der Waals surface area contributed by atoms with Crippen LogP contribution in [0, 0.1) is 6.92 Å². The number of amides is 1. The van der Waals surface area contributed by atoms with E-state index in [1.807, 2.05) is 0 Å². The summed E-state index contributed by atoms with van der Waals surface area (Å²) in [5, 5.41) is 21.9. The predicted molar refractivity (Wildman–Crippen MR) is 78.3 cm³/mol. The van der Waals surface area contributed by atoms with Gasteiger partial charge in [0.1, 0.15) is 11.5 Å². The number of hydrogen-bond donors (Lipinski definition) is 4. The molecule has 0 spiro atoms. The van der Waals surface area contributed by atoms with Gasteiger partial charge in [0.2, 0.25) is 0 Å². The number of nitrogen functional groups attached to an aromatic ring is 1. The summed E-state index contributed by atoms with van der Waals surface area (Å²) in [6, 6.07) is 6.88. The number of carbonyl (C=O) groups excluding carboxylic acids is 1. The Bertz CT molecular complexity index is 686. The monoisotopic (exact) mass is 292 g/mol. The van der Waals surface area contributed by atoms with E-state index >= 15 is 0 Å². The van der Waals surface area contributed by atoms with Gasteiger partial charge in [-0.2, -0.15) is 0 Å². The van der Waals surface area contributed by atoms with Crippen LogP contribution in [0.25, 0.3) is 0 Å². The molecular formula is C14H13ClN2O3. The molecule has 2 aromatic carbocycles. The third-order valence-corrected chi connectivity index (χ3v) is 3.14. The zero-order valence-electron chi connectivity index (χ0n) is 10.6. The van der Waals surface area contributed by atoms with E-state index in [2.05, 4.69) is 5.32 Å². The van der Waals surface area contributed by atoms with Gasteiger partial charge in [-0.05, 0) is 42.8 Å². The van der Waals surface area contributed by atoms with Gasteiger partial charge in [0, 0.05) is 5.69 Å². The van der Waals surface area contributed by atoms with E-state index < -0.39 is 5.91 Å². The number of aryl methyl sites for hydroxylation is 1. The summed E-state index contributed by atoms with van der Waals surface area (Å²) < 4.78 is 0. The number of phenols is 2. The topological polar surface area (TPSA) is 95.6 Å². The van der Waals surface area contributed by atoms with Gasteiger partial charge in [-0.1, -0.05) is 11.6 Å². The van der Waals surface area contributed by atoms with Crippen molar-refractivity contribution in [2.24, 2.45) is 0 Å². The lowest BCUT2D eigenvalue weighted by molar-refractivity contribution is 0.102. The number of aromatic hydroxyl groups is 2. The smallest absolute Gasteiger partial charge is 0.259 e. The number of anilines is 2. The van der Waals surface area contributed by atoms with Gasteiger partial charge in [0.05, 0.1) is 16.3 Å². The molecule has 104 valence electrons. The second kappa shape index (κ2) is 5.30. The fraction of sp³-hybridized carbons (Fsp3) is 0.0714. The SMILES string of the molecule is Cc1cc(N)c(Cl)cc1NC(=O)c1cc(O)ccc1O. The molecule has 2 aromatic rings. The number of nitrogens with one attached hydrogen (secondary N) is 1. The minimum absolute atomic E-state index is 0.0302. The van der Waals surface area contributed by atoms with Crippen LogP contribution < -0.4 is 11.1 Å². The Balaban J connectivity index is 2.32. The van der Waals surface area contributed by atoms with Crippen molar-refractivity contribution < 1.29 is 15.0 Å². The molecule has 0 radical (unpaired) electrons. The van der Waals surface area contributed by atoms with Crippen molar-refractivity contribution in [1.29, 1.82) is 0 Å². The van der Waals surface area contributed by atoms with Crippen molar-refractivity contribution in [2.45, 2.75) is 6.92 Å². The Labute approximate surface area is 120 Å². The van der Waals surface area contributed by atoms with Crippen molar-refractivity contribution in [2.75, 3.05) is 11.1 Å². The van der Waals surface area contributed by atoms with Crippen molar-refractivity contribution in [1.82, 2.24) is 0 Å². The van der Waals surface area contributed by atoms with Gasteiger partial charge in [0.15, 0.2) is 0 Å². The quantitative estimate of drug-likeness (QED) is 0.505. The molecule has 0 aliphatic heterocycles. The summed E-state index contributed by atoms with van der Waals surface area (Å²) in [5.74, 6) is -0.887. The van der Waals surface area contributed by atoms with Crippen LogP contribution in [0.5, 0.6) is 11.5 Å². The van der Waals surface area contributed by atoms with Gasteiger partial charge < -0.3 is 21.3 Å². The van der Waals surface area contributed by atoms with Crippen LogP contribution in [0.2, 0.25) is 5.02 Å². The summed E-state index contributed by atoms with van der Waals surface area (Å²) in [5.41, 5.74) is 7.27. The van der Waals surface area contributed by atoms with E-state index in [4.69, 9.17) is 17.3 Å². The maximum absolute atomic E-state index is 12.1. The normalized spacial score (nSPS) is 10.3. The fourth-order valence-corrected chi connectivity index (χ4v) is 1.90. The molecule has 20 heavy (non-hydrogen) atoms. The lowest BCUT2D eigenvalue weighted by Gasteiger charge is -2.11. The number of carbonyl (C=O) groups is 1. The van der Waals surface area contributed by atoms with Crippen LogP contribution >= 0.6 is 11.6 Å². The van der Waals surface area contributed by atoms with Gasteiger partial charge in [-0.25, -0.2) is 0 Å². The maximum Gasteiger partial charge on any atom is 0.259 e. The molecule has 0 aliphatic carbocycles. The number of rotatable bonds is 2. The molecule has 0 aromatic heterocycles. The number of phenolic OH excluding ortho intramolecular Hbond substituents is 2. The number of nitrogens with two attached hydrogens (primary N) is 1. The highest BCUT2D eigenvalue weighted by molar-refractivity contribution is 6.33. The molecule has 0 bridgehead atoms. The molecule has 6 heteroatoms. The number of benzene rings is 2. The molecule has 0 aliphatic rings. The average Bonchev–Trinajstić information content (AvgIpc) is 2.38. The first-order valence-electron chi connectivity index (χ1n) is 5.77. The Morgan fingerprint density at radius 3 is 2.65 bits per heavy atom. The van der Waals surface area contributed by atoms with Crippen LogP contribution in [0.4, 0.5) is 11.4 Å². The lowest BCUT2D eigenvalue weighted by Crippen LogP contribution is -2.13. The van der Waals surface area contributed by atoms with Crippen LogP contribution in [0.1, 0.15) is 15.9 Å². The highest BCUT2D eigenvalue weighted by Crippen LogP contribution is 2.28. The highest BCUT2D eigenvalue weighted by Gasteiger charge is 2.14. The zero-order chi connectivity index (χ0) is 14.9. The number of hydrogen-bond acceptors (Lipinski definition) is 4. The summed E-state index contributed by atoms with van der Waals surface area (Å²) in [4.78, 5) is 12.1. The second-order valence-corrected chi connectivity index (χ2v) is 4.75. The van der Waals surface area contributed by atoms with Gasteiger partial charge >= 0.3 is 0 Å². The van der Waals surface area contributed by atoms with E-state index in [1.165, 1.54) is 24.3 Å². The molecule has 0 saturated carbocycles. The van der Waals surface area contributed by atoms with Crippen molar-refractivity contribution in [3.63, 3.8) is 0 Å². The summed E-state index contributed by atoms with van der Waals surface area (Å²) in [7, 11) is 0. The van der Waals surface area contributed by atoms with Crippen LogP contribution in [-0.4, -0.2) is 16.1 Å². The van der Waals surface area contributed by atoms with Gasteiger partial charge in [-0.15, -0.1) is 0 Å². The second-order valence-electron chi connectivity index (χ2n) is 4.34. The first-order chi connectivity index (χ1) is 9.38. The Morgan fingerprint density at radius 2 is 1.95 bits per heavy atom. The molecule has 0 unspecified atom stereocenters. The largest absolute Gasteiger partial charge is 0.508 e. The zero-order valence-corrected chi connectivity index (χ0v) is 11.4. The third-order valence-electron chi connectivity index (χ3n) is 2.82. The van der Waals surface area contributed by atoms with Crippen LogP contribution in [0.3, 0.4) is 0 Å². The first-order valence-corrected chi connectivity index (χ1v) is 6.15. The van der Waals surface area contributed by atoms with Crippen LogP contribution in [0.15, 0.2) is 30.3 Å².